The van der Waals surface area contributed by atoms with Crippen LogP contribution in [0.15, 0.2) is 12.1 Å². The van der Waals surface area contributed by atoms with Crippen LogP contribution < -0.4 is 0 Å². The Balaban J connectivity index is 2.81. The van der Waals surface area contributed by atoms with Gasteiger partial charge < -0.3 is 14.9 Å². The van der Waals surface area contributed by atoms with Crippen molar-refractivity contribution >= 4 is 29.2 Å². The van der Waals surface area contributed by atoms with Crippen LogP contribution in [0.3, 0.4) is 0 Å². The van der Waals surface area contributed by atoms with Crippen LogP contribution in [0, 0.1) is 0 Å². The molecular weight excluding hydrogens is 269 g/mol. The summed E-state index contributed by atoms with van der Waals surface area (Å²) in [6, 6.07) is 2.86. The second-order valence-electron chi connectivity index (χ2n) is 3.31. The molecule has 1 aromatic rings. The van der Waals surface area contributed by atoms with Crippen molar-refractivity contribution in [2.75, 3.05) is 7.11 Å². The summed E-state index contributed by atoms with van der Waals surface area (Å²) in [7, 11) is 1.19. The molecule has 0 amide bonds. The maximum atomic E-state index is 10.9. The molecule has 2 N–H and O–H groups in total. The lowest BCUT2D eigenvalue weighted by Gasteiger charge is -2.17. The Kier molecular flexibility index (Phi) is 5.14. The third-order valence-corrected chi connectivity index (χ3v) is 2.64. The molecule has 0 radical (unpaired) electrons. The third-order valence-electron chi connectivity index (χ3n) is 2.13. The Bertz CT molecular complexity index is 413. The molecular formula is C10H11Cl2NO4. The highest BCUT2D eigenvalue weighted by molar-refractivity contribution is 6.32. The number of nitrogens with zero attached hydrogens (tertiary/aromatic N) is 1. The van der Waals surface area contributed by atoms with Gasteiger partial charge in [0.25, 0.3) is 0 Å². The molecule has 2 atom stereocenters. The molecule has 2 unspecified atom stereocenters. The smallest absolute Gasteiger partial charge is 0.308 e. The number of methoxy groups -OCH3 is 1. The van der Waals surface area contributed by atoms with E-state index in [9.17, 15) is 15.0 Å². The molecule has 0 saturated heterocycles. The van der Waals surface area contributed by atoms with Crippen LogP contribution in [0.1, 0.15) is 18.1 Å². The van der Waals surface area contributed by atoms with Crippen molar-refractivity contribution in [2.45, 2.75) is 18.6 Å². The lowest BCUT2D eigenvalue weighted by molar-refractivity contribution is -0.144. The number of hydrogen-bond donors (Lipinski definition) is 2. The Labute approximate surface area is 108 Å². The molecule has 0 bridgehead atoms. The lowest BCUT2D eigenvalue weighted by atomic mass is 10.0. The molecule has 0 aromatic carbocycles. The largest absolute Gasteiger partial charge is 0.469 e. The van der Waals surface area contributed by atoms with Crippen molar-refractivity contribution in [3.8, 4) is 0 Å². The monoisotopic (exact) mass is 279 g/mol. The number of rotatable bonds is 4. The summed E-state index contributed by atoms with van der Waals surface area (Å²) in [5.41, 5.74) is 0.201. The van der Waals surface area contributed by atoms with Gasteiger partial charge in [-0.15, -0.1) is 0 Å². The number of aromatic nitrogens is 1. The molecule has 1 heterocycles. The van der Waals surface area contributed by atoms with Crippen LogP contribution >= 0.6 is 23.2 Å². The van der Waals surface area contributed by atoms with Crippen LogP contribution in [-0.4, -0.2) is 34.4 Å². The minimum absolute atomic E-state index is 0.0195. The van der Waals surface area contributed by atoms with Gasteiger partial charge in [0.05, 0.1) is 19.6 Å². The first kappa shape index (κ1) is 14.2. The van der Waals surface area contributed by atoms with Crippen molar-refractivity contribution in [3.05, 3.63) is 28.0 Å². The number of pyridine rings is 1. The van der Waals surface area contributed by atoms with Gasteiger partial charge in [-0.3, -0.25) is 4.79 Å². The van der Waals surface area contributed by atoms with Crippen LogP contribution in [0.4, 0.5) is 0 Å². The first-order valence-corrected chi connectivity index (χ1v) is 5.46. The van der Waals surface area contributed by atoms with E-state index < -0.39 is 18.2 Å². The molecule has 7 heteroatoms. The van der Waals surface area contributed by atoms with Gasteiger partial charge in [0.2, 0.25) is 0 Å². The molecule has 0 spiro atoms. The number of hydrogen-bond acceptors (Lipinski definition) is 5. The van der Waals surface area contributed by atoms with Crippen molar-refractivity contribution in [1.82, 2.24) is 4.98 Å². The fourth-order valence-corrected chi connectivity index (χ4v) is 1.67. The zero-order chi connectivity index (χ0) is 13.0. The molecule has 0 saturated carbocycles. The first-order valence-electron chi connectivity index (χ1n) is 4.70. The van der Waals surface area contributed by atoms with E-state index in [0.717, 1.165) is 0 Å². The number of carbonyl (C=O) groups excluding carboxylic acids is 1. The molecule has 1 aromatic heterocycles. The van der Waals surface area contributed by atoms with E-state index in [1.54, 1.807) is 0 Å². The fraction of sp³-hybridized carbons (Fsp3) is 0.400. The number of ether oxygens (including phenoxy) is 1. The van der Waals surface area contributed by atoms with Crippen molar-refractivity contribution in [1.29, 1.82) is 0 Å². The standard InChI is InChI=1S/C10H11Cl2NO4/c1-17-8(15)4-6(14)9(16)5-2-3-7(11)13-10(5)12/h2-3,6,9,14,16H,4H2,1H3. The summed E-state index contributed by atoms with van der Waals surface area (Å²) < 4.78 is 4.38. The topological polar surface area (TPSA) is 79.7 Å². The number of carbonyl (C=O) groups is 1. The van der Waals surface area contributed by atoms with Gasteiger partial charge in [-0.25, -0.2) is 4.98 Å². The average molecular weight is 280 g/mol. The molecule has 94 valence electrons. The summed E-state index contributed by atoms with van der Waals surface area (Å²) in [5, 5.41) is 19.5. The predicted octanol–water partition coefficient (Wildman–Crippen LogP) is 1.35. The summed E-state index contributed by atoms with van der Waals surface area (Å²) in [5.74, 6) is -0.630. The Morgan fingerprint density at radius 1 is 1.47 bits per heavy atom. The summed E-state index contributed by atoms with van der Waals surface area (Å²) >= 11 is 11.4. The van der Waals surface area contributed by atoms with Crippen molar-refractivity contribution in [2.24, 2.45) is 0 Å². The van der Waals surface area contributed by atoms with Gasteiger partial charge in [0.1, 0.15) is 16.4 Å². The highest BCUT2D eigenvalue weighted by atomic mass is 35.5. The second kappa shape index (κ2) is 6.16. The SMILES string of the molecule is COC(=O)CC(O)C(O)c1ccc(Cl)nc1Cl. The van der Waals surface area contributed by atoms with Crippen LogP contribution in [0.5, 0.6) is 0 Å². The maximum absolute atomic E-state index is 10.9. The van der Waals surface area contributed by atoms with E-state index in [0.29, 0.717) is 0 Å². The molecule has 5 nitrogen and oxygen atoms in total. The summed E-state index contributed by atoms with van der Waals surface area (Å²) in [4.78, 5) is 14.7. The minimum atomic E-state index is -1.33. The highest BCUT2D eigenvalue weighted by Gasteiger charge is 2.24. The number of esters is 1. The lowest BCUT2D eigenvalue weighted by Crippen LogP contribution is -2.23. The van der Waals surface area contributed by atoms with Gasteiger partial charge in [0.15, 0.2) is 0 Å². The van der Waals surface area contributed by atoms with E-state index in [1.807, 2.05) is 0 Å². The number of halogens is 2. The number of aliphatic hydroxyl groups excluding tert-OH is 2. The van der Waals surface area contributed by atoms with E-state index in [-0.39, 0.29) is 22.3 Å². The summed E-state index contributed by atoms with van der Waals surface area (Å²) in [6.07, 6.45) is -2.98. The summed E-state index contributed by atoms with van der Waals surface area (Å²) in [6.45, 7) is 0. The maximum Gasteiger partial charge on any atom is 0.308 e. The molecule has 0 aliphatic carbocycles. The van der Waals surface area contributed by atoms with Crippen molar-refractivity contribution in [3.63, 3.8) is 0 Å². The van der Waals surface area contributed by atoms with E-state index >= 15 is 0 Å². The van der Waals surface area contributed by atoms with Crippen LogP contribution in [0.2, 0.25) is 10.3 Å². The molecule has 1 rings (SSSR count). The van der Waals surface area contributed by atoms with Crippen molar-refractivity contribution < 1.29 is 19.7 Å². The average Bonchev–Trinajstić information content (AvgIpc) is 2.28. The molecule has 17 heavy (non-hydrogen) atoms. The Morgan fingerprint density at radius 2 is 2.12 bits per heavy atom. The predicted molar refractivity (Wildman–Crippen MR) is 61.9 cm³/mol. The van der Waals surface area contributed by atoms with Gasteiger partial charge >= 0.3 is 5.97 Å². The minimum Gasteiger partial charge on any atom is -0.469 e. The zero-order valence-corrected chi connectivity index (χ0v) is 10.4. The van der Waals surface area contributed by atoms with E-state index in [4.69, 9.17) is 23.2 Å². The van der Waals surface area contributed by atoms with E-state index in [1.165, 1.54) is 19.2 Å². The number of aliphatic hydroxyl groups is 2. The highest BCUT2D eigenvalue weighted by Crippen LogP contribution is 2.26. The molecule has 0 aliphatic heterocycles. The van der Waals surface area contributed by atoms with Gasteiger partial charge in [0, 0.05) is 5.56 Å². The fourth-order valence-electron chi connectivity index (χ4n) is 1.22. The van der Waals surface area contributed by atoms with Gasteiger partial charge in [-0.1, -0.05) is 29.3 Å². The zero-order valence-electron chi connectivity index (χ0n) is 8.93. The van der Waals surface area contributed by atoms with Gasteiger partial charge in [-0.05, 0) is 6.07 Å². The molecule has 0 fully saturated rings. The normalized spacial score (nSPS) is 14.2. The van der Waals surface area contributed by atoms with E-state index in [2.05, 4.69) is 9.72 Å². The van der Waals surface area contributed by atoms with Crippen LogP contribution in [-0.2, 0) is 9.53 Å². The first-order chi connectivity index (χ1) is 7.95. The Morgan fingerprint density at radius 3 is 2.65 bits per heavy atom. The van der Waals surface area contributed by atoms with Gasteiger partial charge in [-0.2, -0.15) is 0 Å². The molecule has 0 aliphatic rings. The van der Waals surface area contributed by atoms with Crippen LogP contribution in [0.25, 0.3) is 0 Å². The third kappa shape index (κ3) is 3.81. The second-order valence-corrected chi connectivity index (χ2v) is 4.05. The quantitative estimate of drug-likeness (QED) is 0.642. The Hall–Kier alpha value is -0.880.